The Kier molecular flexibility index (Phi) is 6.29. The Balaban J connectivity index is 1.87. The van der Waals surface area contributed by atoms with Crippen molar-refractivity contribution in [1.82, 2.24) is 0 Å². The fourth-order valence-corrected chi connectivity index (χ4v) is 3.64. The minimum Gasteiger partial charge on any atom is -0.388 e. The number of hydrogen-bond acceptors (Lipinski definition) is 1. The van der Waals surface area contributed by atoms with Crippen molar-refractivity contribution in [1.29, 1.82) is 0 Å². The molecule has 1 aliphatic carbocycles. The number of hydrogen-bond donors (Lipinski definition) is 1. The number of benzene rings is 1. The third-order valence-electron chi connectivity index (χ3n) is 5.25. The molecule has 2 rings (SSSR count). The van der Waals surface area contributed by atoms with Crippen molar-refractivity contribution in [2.75, 3.05) is 0 Å². The molecule has 0 bridgehead atoms. The van der Waals surface area contributed by atoms with Crippen LogP contribution < -0.4 is 0 Å². The van der Waals surface area contributed by atoms with Crippen LogP contribution in [0.3, 0.4) is 0 Å². The highest BCUT2D eigenvalue weighted by molar-refractivity contribution is 5.26. The first kappa shape index (κ1) is 16.5. The molecule has 0 spiro atoms. The molecule has 1 unspecified atom stereocenters. The Labute approximate surface area is 130 Å². The molecule has 1 atom stereocenters. The van der Waals surface area contributed by atoms with Gasteiger partial charge in [-0.3, -0.25) is 0 Å². The average Bonchev–Trinajstić information content (AvgIpc) is 2.53. The van der Waals surface area contributed by atoms with E-state index in [9.17, 15) is 5.11 Å². The van der Waals surface area contributed by atoms with Gasteiger partial charge in [-0.2, -0.15) is 0 Å². The molecule has 0 heterocycles. The summed E-state index contributed by atoms with van der Waals surface area (Å²) in [6, 6.07) is 8.61. The Morgan fingerprint density at radius 2 is 1.57 bits per heavy atom. The fraction of sp³-hybridized carbons (Fsp3) is 0.700. The van der Waals surface area contributed by atoms with Crippen LogP contribution in [0.5, 0.6) is 0 Å². The van der Waals surface area contributed by atoms with E-state index in [0.717, 1.165) is 11.5 Å². The topological polar surface area (TPSA) is 20.2 Å². The molecule has 1 aromatic carbocycles. The van der Waals surface area contributed by atoms with Gasteiger partial charge in [-0.05, 0) is 41.7 Å². The van der Waals surface area contributed by atoms with Crippen LogP contribution in [0.15, 0.2) is 24.3 Å². The second-order valence-corrected chi connectivity index (χ2v) is 7.19. The minimum absolute atomic E-state index is 0.265. The van der Waals surface area contributed by atoms with Crippen molar-refractivity contribution >= 4 is 0 Å². The molecule has 118 valence electrons. The summed E-state index contributed by atoms with van der Waals surface area (Å²) < 4.78 is 0. The standard InChI is InChI=1S/C20H32O/c1-4-5-6-16-7-9-18(10-8-16)20(21)19-13-11-17(12-14-19)15(2)3/h11-16,18,20-21H,4-10H2,1-3H3. The van der Waals surface area contributed by atoms with Crippen molar-refractivity contribution in [2.24, 2.45) is 11.8 Å². The molecular weight excluding hydrogens is 256 g/mol. The van der Waals surface area contributed by atoms with Gasteiger partial charge < -0.3 is 5.11 Å². The lowest BCUT2D eigenvalue weighted by Gasteiger charge is -2.31. The third-order valence-corrected chi connectivity index (χ3v) is 5.25. The molecule has 1 aliphatic rings. The number of aliphatic hydroxyl groups excluding tert-OH is 1. The van der Waals surface area contributed by atoms with E-state index in [4.69, 9.17) is 0 Å². The Morgan fingerprint density at radius 3 is 2.10 bits per heavy atom. The van der Waals surface area contributed by atoms with Gasteiger partial charge in [0, 0.05) is 0 Å². The van der Waals surface area contributed by atoms with Crippen LogP contribution in [-0.4, -0.2) is 5.11 Å². The molecule has 0 aliphatic heterocycles. The predicted octanol–water partition coefficient (Wildman–Crippen LogP) is 5.84. The summed E-state index contributed by atoms with van der Waals surface area (Å²) in [5.74, 6) is 1.94. The predicted molar refractivity (Wildman–Crippen MR) is 90.5 cm³/mol. The third kappa shape index (κ3) is 4.57. The number of unbranched alkanes of at least 4 members (excludes halogenated alkanes) is 1. The molecule has 1 aromatic rings. The van der Waals surface area contributed by atoms with E-state index in [-0.39, 0.29) is 6.10 Å². The van der Waals surface area contributed by atoms with Gasteiger partial charge in [-0.25, -0.2) is 0 Å². The Morgan fingerprint density at radius 1 is 1.00 bits per heavy atom. The molecule has 21 heavy (non-hydrogen) atoms. The molecule has 0 amide bonds. The van der Waals surface area contributed by atoms with Gasteiger partial charge in [0.15, 0.2) is 0 Å². The maximum atomic E-state index is 10.6. The summed E-state index contributed by atoms with van der Waals surface area (Å²) in [6.07, 6.45) is 8.82. The van der Waals surface area contributed by atoms with Crippen LogP contribution in [0.1, 0.15) is 88.9 Å². The molecule has 0 saturated heterocycles. The Bertz CT molecular complexity index is 398. The molecule has 1 nitrogen and oxygen atoms in total. The molecule has 0 radical (unpaired) electrons. The lowest BCUT2D eigenvalue weighted by atomic mass is 9.76. The SMILES string of the molecule is CCCCC1CCC(C(O)c2ccc(C(C)C)cc2)CC1. The van der Waals surface area contributed by atoms with Gasteiger partial charge >= 0.3 is 0 Å². The molecule has 1 heteroatoms. The maximum absolute atomic E-state index is 10.6. The first-order valence-electron chi connectivity index (χ1n) is 8.89. The zero-order valence-corrected chi connectivity index (χ0v) is 14.0. The van der Waals surface area contributed by atoms with Crippen molar-refractivity contribution in [2.45, 2.75) is 77.7 Å². The summed E-state index contributed by atoms with van der Waals surface area (Å²) in [5, 5.41) is 10.6. The van der Waals surface area contributed by atoms with E-state index in [1.165, 1.54) is 50.5 Å². The highest BCUT2D eigenvalue weighted by Crippen LogP contribution is 2.38. The van der Waals surface area contributed by atoms with Crippen molar-refractivity contribution < 1.29 is 5.11 Å². The monoisotopic (exact) mass is 288 g/mol. The molecule has 1 fully saturated rings. The zero-order valence-electron chi connectivity index (χ0n) is 14.0. The van der Waals surface area contributed by atoms with E-state index in [0.29, 0.717) is 11.8 Å². The first-order valence-corrected chi connectivity index (χ1v) is 8.89. The van der Waals surface area contributed by atoms with Crippen molar-refractivity contribution in [3.8, 4) is 0 Å². The molecule has 1 N–H and O–H groups in total. The highest BCUT2D eigenvalue weighted by atomic mass is 16.3. The Hall–Kier alpha value is -0.820. The van der Waals surface area contributed by atoms with Gasteiger partial charge in [0.05, 0.1) is 6.10 Å². The smallest absolute Gasteiger partial charge is 0.0818 e. The molecule has 0 aromatic heterocycles. The second kappa shape index (κ2) is 7.98. The summed E-state index contributed by atoms with van der Waals surface area (Å²) in [7, 11) is 0. The molecular formula is C20H32O. The van der Waals surface area contributed by atoms with Crippen LogP contribution in [0.25, 0.3) is 0 Å². The highest BCUT2D eigenvalue weighted by Gasteiger charge is 2.27. The van der Waals surface area contributed by atoms with Gasteiger partial charge in [0.1, 0.15) is 0 Å². The van der Waals surface area contributed by atoms with E-state index in [2.05, 4.69) is 45.0 Å². The zero-order chi connectivity index (χ0) is 15.2. The van der Waals surface area contributed by atoms with Crippen LogP contribution >= 0.6 is 0 Å². The lowest BCUT2D eigenvalue weighted by molar-refractivity contribution is 0.0720. The van der Waals surface area contributed by atoms with Gasteiger partial charge in [-0.15, -0.1) is 0 Å². The van der Waals surface area contributed by atoms with Gasteiger partial charge in [0.2, 0.25) is 0 Å². The van der Waals surface area contributed by atoms with Crippen LogP contribution in [0, 0.1) is 11.8 Å². The van der Waals surface area contributed by atoms with Gasteiger partial charge in [0.25, 0.3) is 0 Å². The lowest BCUT2D eigenvalue weighted by Crippen LogP contribution is -2.20. The molecule has 1 saturated carbocycles. The largest absolute Gasteiger partial charge is 0.388 e. The van der Waals surface area contributed by atoms with Crippen molar-refractivity contribution in [3.63, 3.8) is 0 Å². The van der Waals surface area contributed by atoms with Gasteiger partial charge in [-0.1, -0.05) is 77.1 Å². The fourth-order valence-electron chi connectivity index (χ4n) is 3.64. The van der Waals surface area contributed by atoms with E-state index < -0.39 is 0 Å². The first-order chi connectivity index (χ1) is 10.1. The number of rotatable bonds is 6. The quantitative estimate of drug-likeness (QED) is 0.697. The van der Waals surface area contributed by atoms with Crippen molar-refractivity contribution in [3.05, 3.63) is 35.4 Å². The summed E-state index contributed by atoms with van der Waals surface area (Å²) in [4.78, 5) is 0. The maximum Gasteiger partial charge on any atom is 0.0818 e. The van der Waals surface area contributed by atoms with E-state index >= 15 is 0 Å². The van der Waals surface area contributed by atoms with Crippen LogP contribution in [-0.2, 0) is 0 Å². The minimum atomic E-state index is -0.265. The normalized spacial score (nSPS) is 24.2. The number of aliphatic hydroxyl groups is 1. The van der Waals surface area contributed by atoms with E-state index in [1.807, 2.05) is 0 Å². The van der Waals surface area contributed by atoms with Crippen LogP contribution in [0.2, 0.25) is 0 Å². The van der Waals surface area contributed by atoms with E-state index in [1.54, 1.807) is 0 Å². The average molecular weight is 288 g/mol. The summed E-state index contributed by atoms with van der Waals surface area (Å²) in [6.45, 7) is 6.70. The second-order valence-electron chi connectivity index (χ2n) is 7.19. The van der Waals surface area contributed by atoms with Crippen LogP contribution in [0.4, 0.5) is 0 Å². The summed E-state index contributed by atoms with van der Waals surface area (Å²) in [5.41, 5.74) is 2.46. The summed E-state index contributed by atoms with van der Waals surface area (Å²) >= 11 is 0.